The number of aryl methyl sites for hydroxylation is 1. The summed E-state index contributed by atoms with van der Waals surface area (Å²) in [5, 5.41) is 3.66. The Bertz CT molecular complexity index is 534. The van der Waals surface area contributed by atoms with E-state index in [1.165, 1.54) is 6.07 Å². The van der Waals surface area contributed by atoms with Crippen molar-refractivity contribution in [2.24, 2.45) is 0 Å². The normalized spacial score (nSPS) is 11.3. The Hall–Kier alpha value is -1.42. The first kappa shape index (κ1) is 12.0. The third-order valence-electron chi connectivity index (χ3n) is 2.78. The molecule has 0 aliphatic heterocycles. The number of hydrogen-bond acceptors (Lipinski definition) is 2. The highest BCUT2D eigenvalue weighted by Gasteiger charge is 2.16. The third kappa shape index (κ3) is 2.17. The molecule has 1 heterocycles. The van der Waals surface area contributed by atoms with Gasteiger partial charge in [0.1, 0.15) is 11.6 Å². The molecule has 1 aromatic heterocycles. The zero-order valence-electron chi connectivity index (χ0n) is 9.94. The molecule has 2 aromatic rings. The van der Waals surface area contributed by atoms with E-state index in [4.69, 9.17) is 4.42 Å². The molecule has 0 unspecified atom stereocenters. The molecule has 0 fully saturated rings. The number of hydrogen-bond donors (Lipinski definition) is 1. The van der Waals surface area contributed by atoms with Gasteiger partial charge in [0.15, 0.2) is 11.4 Å². The molecule has 1 N–H and O–H groups in total. The second kappa shape index (κ2) is 4.84. The monoisotopic (exact) mass is 239 g/mol. The second-order valence-corrected chi connectivity index (χ2v) is 3.90. The van der Waals surface area contributed by atoms with Crippen LogP contribution in [0, 0.1) is 11.6 Å². The largest absolute Gasteiger partial charge is 0.456 e. The average Bonchev–Trinajstić information content (AvgIpc) is 2.64. The van der Waals surface area contributed by atoms with Crippen molar-refractivity contribution in [3.8, 4) is 0 Å². The predicted molar refractivity (Wildman–Crippen MR) is 62.9 cm³/mol. The van der Waals surface area contributed by atoms with Crippen LogP contribution >= 0.6 is 0 Å². The second-order valence-electron chi connectivity index (χ2n) is 3.90. The molecule has 0 saturated carbocycles. The Kier molecular flexibility index (Phi) is 3.43. The summed E-state index contributed by atoms with van der Waals surface area (Å²) in [5.74, 6) is -0.521. The molecule has 4 heteroatoms. The molecule has 1 aromatic carbocycles. The van der Waals surface area contributed by atoms with Gasteiger partial charge in [0, 0.05) is 17.0 Å². The van der Waals surface area contributed by atoms with E-state index < -0.39 is 11.6 Å². The van der Waals surface area contributed by atoms with Gasteiger partial charge in [0.25, 0.3) is 0 Å². The maximum absolute atomic E-state index is 13.5. The van der Waals surface area contributed by atoms with Crippen molar-refractivity contribution in [2.75, 3.05) is 6.54 Å². The Balaban J connectivity index is 2.58. The van der Waals surface area contributed by atoms with Crippen molar-refractivity contribution in [3.05, 3.63) is 35.1 Å². The first-order valence-electron chi connectivity index (χ1n) is 5.77. The van der Waals surface area contributed by atoms with Crippen LogP contribution in [0.25, 0.3) is 11.0 Å². The van der Waals surface area contributed by atoms with Crippen LogP contribution in [-0.2, 0) is 13.0 Å². The van der Waals surface area contributed by atoms with Crippen molar-refractivity contribution in [1.82, 2.24) is 5.32 Å². The molecule has 17 heavy (non-hydrogen) atoms. The summed E-state index contributed by atoms with van der Waals surface area (Å²) < 4.78 is 32.2. The van der Waals surface area contributed by atoms with Gasteiger partial charge in [-0.15, -0.1) is 0 Å². The first-order chi connectivity index (χ1) is 8.17. The average molecular weight is 239 g/mol. The lowest BCUT2D eigenvalue weighted by Gasteiger charge is -2.00. The number of benzene rings is 1. The van der Waals surface area contributed by atoms with Crippen molar-refractivity contribution in [3.63, 3.8) is 0 Å². The molecular formula is C13H15F2NO. The van der Waals surface area contributed by atoms with Crippen LogP contribution in [-0.4, -0.2) is 6.54 Å². The standard InChI is InChI=1S/C13H15F2NO/c1-3-9-10-5-8(14)6-11(15)13(10)17-12(9)7-16-4-2/h5-6,16H,3-4,7H2,1-2H3. The highest BCUT2D eigenvalue weighted by atomic mass is 19.1. The summed E-state index contributed by atoms with van der Waals surface area (Å²) in [7, 11) is 0. The fourth-order valence-corrected chi connectivity index (χ4v) is 1.99. The number of furan rings is 1. The highest BCUT2D eigenvalue weighted by Crippen LogP contribution is 2.29. The molecule has 2 nitrogen and oxygen atoms in total. The maximum atomic E-state index is 13.5. The summed E-state index contributed by atoms with van der Waals surface area (Å²) in [4.78, 5) is 0. The van der Waals surface area contributed by atoms with E-state index in [9.17, 15) is 8.78 Å². The molecule has 0 aliphatic carbocycles. The maximum Gasteiger partial charge on any atom is 0.170 e. The molecule has 0 radical (unpaired) electrons. The lowest BCUT2D eigenvalue weighted by atomic mass is 10.1. The van der Waals surface area contributed by atoms with Crippen molar-refractivity contribution in [1.29, 1.82) is 0 Å². The van der Waals surface area contributed by atoms with Crippen molar-refractivity contribution >= 4 is 11.0 Å². The van der Waals surface area contributed by atoms with Gasteiger partial charge in [-0.1, -0.05) is 13.8 Å². The van der Waals surface area contributed by atoms with Gasteiger partial charge in [0.05, 0.1) is 6.54 Å². The zero-order chi connectivity index (χ0) is 12.4. The molecule has 0 aliphatic rings. The van der Waals surface area contributed by atoms with Crippen molar-refractivity contribution < 1.29 is 13.2 Å². The van der Waals surface area contributed by atoms with E-state index in [-0.39, 0.29) is 5.58 Å². The van der Waals surface area contributed by atoms with Crippen LogP contribution in [0.5, 0.6) is 0 Å². The van der Waals surface area contributed by atoms with Gasteiger partial charge >= 0.3 is 0 Å². The summed E-state index contributed by atoms with van der Waals surface area (Å²) in [6.45, 7) is 5.27. The first-order valence-corrected chi connectivity index (χ1v) is 5.77. The van der Waals surface area contributed by atoms with Crippen LogP contribution in [0.1, 0.15) is 25.2 Å². The van der Waals surface area contributed by atoms with Gasteiger partial charge in [-0.05, 0) is 19.0 Å². The molecule has 0 spiro atoms. The summed E-state index contributed by atoms with van der Waals surface area (Å²) in [5.41, 5.74) is 1.02. The van der Waals surface area contributed by atoms with E-state index in [1.807, 2.05) is 13.8 Å². The molecule has 0 amide bonds. The van der Waals surface area contributed by atoms with E-state index in [1.54, 1.807) is 0 Å². The fraction of sp³-hybridized carbons (Fsp3) is 0.385. The van der Waals surface area contributed by atoms with Gasteiger partial charge < -0.3 is 9.73 Å². The van der Waals surface area contributed by atoms with Gasteiger partial charge in [-0.3, -0.25) is 0 Å². The molecular weight excluding hydrogens is 224 g/mol. The number of rotatable bonds is 4. The summed E-state index contributed by atoms with van der Waals surface area (Å²) in [6.07, 6.45) is 0.691. The lowest BCUT2D eigenvalue weighted by molar-refractivity contribution is 0.492. The molecule has 0 saturated heterocycles. The van der Waals surface area contributed by atoms with Crippen LogP contribution in [0.2, 0.25) is 0 Å². The van der Waals surface area contributed by atoms with E-state index in [0.717, 1.165) is 18.2 Å². The van der Waals surface area contributed by atoms with Crippen LogP contribution in [0.4, 0.5) is 8.78 Å². The third-order valence-corrected chi connectivity index (χ3v) is 2.78. The van der Waals surface area contributed by atoms with Crippen molar-refractivity contribution in [2.45, 2.75) is 26.8 Å². The highest BCUT2D eigenvalue weighted by molar-refractivity contribution is 5.82. The van der Waals surface area contributed by atoms with E-state index in [0.29, 0.717) is 24.1 Å². The minimum Gasteiger partial charge on any atom is -0.456 e. The Morgan fingerprint density at radius 1 is 1.24 bits per heavy atom. The Morgan fingerprint density at radius 2 is 2.00 bits per heavy atom. The predicted octanol–water partition coefficient (Wildman–Crippen LogP) is 3.38. The lowest BCUT2D eigenvalue weighted by Crippen LogP contribution is -2.12. The summed E-state index contributed by atoms with van der Waals surface area (Å²) >= 11 is 0. The van der Waals surface area contributed by atoms with Gasteiger partial charge in [-0.25, -0.2) is 8.78 Å². The minimum absolute atomic E-state index is 0.149. The van der Waals surface area contributed by atoms with Gasteiger partial charge in [-0.2, -0.15) is 0 Å². The number of nitrogens with one attached hydrogen (secondary N) is 1. The molecule has 92 valence electrons. The minimum atomic E-state index is -0.641. The number of fused-ring (bicyclic) bond motifs is 1. The quantitative estimate of drug-likeness (QED) is 0.884. The zero-order valence-corrected chi connectivity index (χ0v) is 9.94. The molecule has 2 rings (SSSR count). The Morgan fingerprint density at radius 3 is 2.65 bits per heavy atom. The molecule has 0 atom stereocenters. The van der Waals surface area contributed by atoms with Crippen LogP contribution in [0.3, 0.4) is 0 Å². The SMILES string of the molecule is CCNCc1oc2c(F)cc(F)cc2c1CC. The smallest absolute Gasteiger partial charge is 0.170 e. The topological polar surface area (TPSA) is 25.2 Å². The Labute approximate surface area is 98.6 Å². The van der Waals surface area contributed by atoms with Crippen LogP contribution < -0.4 is 5.32 Å². The van der Waals surface area contributed by atoms with Crippen LogP contribution in [0.15, 0.2) is 16.5 Å². The molecule has 0 bridgehead atoms. The van der Waals surface area contributed by atoms with E-state index >= 15 is 0 Å². The van der Waals surface area contributed by atoms with Gasteiger partial charge in [0.2, 0.25) is 0 Å². The fourth-order valence-electron chi connectivity index (χ4n) is 1.99. The van der Waals surface area contributed by atoms with E-state index in [2.05, 4.69) is 5.32 Å². The summed E-state index contributed by atoms with van der Waals surface area (Å²) in [6, 6.07) is 2.18. The number of halogens is 2.